The van der Waals surface area contributed by atoms with Crippen molar-refractivity contribution in [1.82, 2.24) is 4.90 Å². The molecule has 0 bridgehead atoms. The number of halogens is 3. The van der Waals surface area contributed by atoms with E-state index in [4.69, 9.17) is 11.6 Å². The molecular formula is C32H36ClF2NO4S. The topological polar surface area (TPSA) is 74.7 Å². The van der Waals surface area contributed by atoms with Crippen LogP contribution in [0, 0.1) is 34.0 Å². The number of hydrogen-bond donors (Lipinski definition) is 1. The number of likely N-dealkylation sites (tertiary alicyclic amines) is 1. The van der Waals surface area contributed by atoms with Gasteiger partial charge in [-0.2, -0.15) is 0 Å². The molecule has 4 fully saturated rings. The first-order chi connectivity index (χ1) is 19.3. The molecular weight excluding hydrogens is 568 g/mol. The van der Waals surface area contributed by atoms with Gasteiger partial charge < -0.3 is 5.11 Å². The van der Waals surface area contributed by atoms with Gasteiger partial charge in [0.15, 0.2) is 16.6 Å². The highest BCUT2D eigenvalue weighted by Gasteiger charge is 2.78. The summed E-state index contributed by atoms with van der Waals surface area (Å²) >= 11 is 7.25. The van der Waals surface area contributed by atoms with Gasteiger partial charge in [-0.3, -0.25) is 19.3 Å². The van der Waals surface area contributed by atoms with Crippen molar-refractivity contribution < 1.29 is 28.3 Å². The molecule has 0 unspecified atom stereocenters. The molecule has 1 heterocycles. The smallest absolute Gasteiger partial charge is 0.197 e. The molecule has 41 heavy (non-hydrogen) atoms. The van der Waals surface area contributed by atoms with Crippen molar-refractivity contribution in [3.8, 4) is 0 Å². The van der Waals surface area contributed by atoms with Crippen LogP contribution in [0.2, 0.25) is 5.02 Å². The van der Waals surface area contributed by atoms with Crippen LogP contribution in [0.1, 0.15) is 45.6 Å². The predicted octanol–water partition coefficient (Wildman–Crippen LogP) is 5.54. The number of thioether (sulfide) groups is 1. The molecule has 1 aromatic carbocycles. The van der Waals surface area contributed by atoms with Crippen LogP contribution in [0.25, 0.3) is 0 Å². The van der Waals surface area contributed by atoms with Gasteiger partial charge in [0.1, 0.15) is 12.0 Å². The van der Waals surface area contributed by atoms with E-state index in [1.165, 1.54) is 25.2 Å². The average Bonchev–Trinajstić information content (AvgIpc) is 3.38. The first-order valence-corrected chi connectivity index (χ1v) is 15.7. The Morgan fingerprint density at radius 3 is 2.68 bits per heavy atom. The lowest BCUT2D eigenvalue weighted by molar-refractivity contribution is -0.210. The fraction of sp³-hybridized carbons (Fsp3) is 0.594. The number of benzene rings is 1. The summed E-state index contributed by atoms with van der Waals surface area (Å²) in [6.07, 6.45) is 1.38. The average molecular weight is 604 g/mol. The molecule has 5 aliphatic rings. The summed E-state index contributed by atoms with van der Waals surface area (Å²) in [6, 6.07) is 7.59. The highest BCUT2D eigenvalue weighted by Crippen LogP contribution is 2.75. The zero-order valence-corrected chi connectivity index (χ0v) is 25.1. The zero-order chi connectivity index (χ0) is 29.5. The summed E-state index contributed by atoms with van der Waals surface area (Å²) in [5, 5.41) is 12.3. The Hall–Kier alpha value is -1.87. The van der Waals surface area contributed by atoms with Gasteiger partial charge in [-0.05, 0) is 85.8 Å². The second-order valence-corrected chi connectivity index (χ2v) is 14.7. The third-order valence-corrected chi connectivity index (χ3v) is 12.7. The minimum Gasteiger partial charge on any atom is -0.390 e. The molecule has 4 aliphatic carbocycles. The Morgan fingerprint density at radius 2 is 1.98 bits per heavy atom. The van der Waals surface area contributed by atoms with Crippen molar-refractivity contribution in [2.75, 3.05) is 18.8 Å². The lowest BCUT2D eigenvalue weighted by Gasteiger charge is -2.63. The van der Waals surface area contributed by atoms with Crippen molar-refractivity contribution >= 4 is 40.0 Å². The summed E-state index contributed by atoms with van der Waals surface area (Å²) in [7, 11) is 0. The number of allylic oxidation sites excluding steroid dienone is 4. The van der Waals surface area contributed by atoms with Gasteiger partial charge in [0.2, 0.25) is 0 Å². The van der Waals surface area contributed by atoms with Crippen molar-refractivity contribution in [1.29, 1.82) is 0 Å². The van der Waals surface area contributed by atoms with Gasteiger partial charge >= 0.3 is 0 Å². The molecule has 6 rings (SSSR count). The van der Waals surface area contributed by atoms with Crippen molar-refractivity contribution in [3.05, 3.63) is 58.7 Å². The lowest BCUT2D eigenvalue weighted by Crippen LogP contribution is -2.69. The molecule has 1 aromatic rings. The standard InChI is InChI=1S/C32H36ClF2NO4S/c1-18(37)16-41-28(40)31-17-36(14-19-5-4-6-21(33)9-19)15-20(31)10-23-24-12-26(34)25-11-22(38)7-8-29(25,2)32(24,35)27(39)13-30(23,31)3/h4-9,11,20,23-24,26-27,39H,10,12-17H2,1-3H3/t20-,23-,24-,26-,27-,29-,30-,31+,32-/m0/s1. The number of Topliss-reactive ketones (excluding diaryl/α,β-unsaturated/α-hetero) is 1. The fourth-order valence-electron chi connectivity index (χ4n) is 9.52. The second kappa shape index (κ2) is 9.83. The Morgan fingerprint density at radius 1 is 1.22 bits per heavy atom. The molecule has 1 saturated heterocycles. The summed E-state index contributed by atoms with van der Waals surface area (Å²) < 4.78 is 33.5. The maximum atomic E-state index is 17.6. The van der Waals surface area contributed by atoms with Crippen LogP contribution < -0.4 is 0 Å². The zero-order valence-electron chi connectivity index (χ0n) is 23.5. The van der Waals surface area contributed by atoms with E-state index in [0.29, 0.717) is 31.1 Å². The lowest BCUT2D eigenvalue weighted by atomic mass is 9.43. The molecule has 0 amide bonds. The third kappa shape index (κ3) is 4.03. The highest BCUT2D eigenvalue weighted by molar-refractivity contribution is 8.14. The number of nitrogens with zero attached hydrogens (tertiary/aromatic N) is 1. The minimum atomic E-state index is -2.18. The summed E-state index contributed by atoms with van der Waals surface area (Å²) in [5.74, 6) is -1.74. The van der Waals surface area contributed by atoms with Crippen molar-refractivity contribution in [2.45, 2.75) is 64.5 Å². The number of hydrogen-bond acceptors (Lipinski definition) is 6. The minimum absolute atomic E-state index is 0.0418. The maximum Gasteiger partial charge on any atom is 0.197 e. The second-order valence-electron chi connectivity index (χ2n) is 13.3. The molecule has 3 saturated carbocycles. The molecule has 5 nitrogen and oxygen atoms in total. The number of aliphatic hydroxyl groups is 1. The van der Waals surface area contributed by atoms with Crippen LogP contribution in [0.4, 0.5) is 8.78 Å². The van der Waals surface area contributed by atoms with E-state index in [1.807, 2.05) is 31.2 Å². The van der Waals surface area contributed by atoms with Gasteiger partial charge in [-0.15, -0.1) is 0 Å². The highest BCUT2D eigenvalue weighted by atomic mass is 35.5. The Bertz CT molecular complexity index is 1380. The first kappa shape index (κ1) is 29.2. The predicted molar refractivity (Wildman–Crippen MR) is 155 cm³/mol. The van der Waals surface area contributed by atoms with Crippen LogP contribution in [-0.4, -0.2) is 63.5 Å². The Balaban J connectivity index is 1.40. The van der Waals surface area contributed by atoms with E-state index in [1.54, 1.807) is 6.92 Å². The van der Waals surface area contributed by atoms with Crippen molar-refractivity contribution in [2.24, 2.45) is 34.0 Å². The van der Waals surface area contributed by atoms with Gasteiger partial charge in [0.05, 0.1) is 17.3 Å². The molecule has 0 spiro atoms. The number of carbonyl (C=O) groups excluding carboxylic acids is 3. The quantitative estimate of drug-likeness (QED) is 0.477. The largest absolute Gasteiger partial charge is 0.390 e. The van der Waals surface area contributed by atoms with E-state index in [9.17, 15) is 19.5 Å². The molecule has 220 valence electrons. The molecule has 0 radical (unpaired) electrons. The summed E-state index contributed by atoms with van der Waals surface area (Å²) in [4.78, 5) is 40.5. The summed E-state index contributed by atoms with van der Waals surface area (Å²) in [6.45, 7) is 6.63. The normalized spacial score (nSPS) is 43.1. The van der Waals surface area contributed by atoms with E-state index in [0.717, 1.165) is 17.3 Å². The van der Waals surface area contributed by atoms with Crippen LogP contribution in [0.5, 0.6) is 0 Å². The Labute approximate surface area is 248 Å². The van der Waals surface area contributed by atoms with E-state index in [-0.39, 0.29) is 52.7 Å². The Kier molecular flexibility index (Phi) is 7.00. The number of carbonyl (C=O) groups is 3. The number of ketones is 2. The third-order valence-electron chi connectivity index (χ3n) is 11.3. The van der Waals surface area contributed by atoms with Crippen LogP contribution in [0.15, 0.2) is 48.1 Å². The van der Waals surface area contributed by atoms with Gasteiger partial charge in [-0.1, -0.05) is 48.5 Å². The number of alkyl halides is 2. The van der Waals surface area contributed by atoms with Gasteiger partial charge in [0, 0.05) is 36.0 Å². The van der Waals surface area contributed by atoms with E-state index in [2.05, 4.69) is 4.90 Å². The number of fused-ring (bicyclic) bond motifs is 7. The molecule has 9 atom stereocenters. The van der Waals surface area contributed by atoms with Crippen molar-refractivity contribution in [3.63, 3.8) is 0 Å². The first-order valence-electron chi connectivity index (χ1n) is 14.4. The SMILES string of the molecule is CC(=O)CSC(=O)[C@@]12CN(Cc3cccc(Cl)c3)C[C@@H]1C[C@H]1[C@@H]3C[C@H](F)C4=CC(=O)C=C[C@]4(C)[C@@]3(F)[C@@H](O)C[C@@]12C. The van der Waals surface area contributed by atoms with Crippen LogP contribution in [-0.2, 0) is 20.9 Å². The molecule has 0 aromatic heterocycles. The summed E-state index contributed by atoms with van der Waals surface area (Å²) in [5.41, 5.74) is -4.27. The molecule has 1 N–H and O–H groups in total. The number of rotatable bonds is 5. The van der Waals surface area contributed by atoms with E-state index >= 15 is 8.78 Å². The van der Waals surface area contributed by atoms with E-state index < -0.39 is 40.1 Å². The van der Waals surface area contributed by atoms with Crippen LogP contribution in [0.3, 0.4) is 0 Å². The number of aliphatic hydroxyl groups excluding tert-OH is 1. The molecule has 1 aliphatic heterocycles. The monoisotopic (exact) mass is 603 g/mol. The van der Waals surface area contributed by atoms with Gasteiger partial charge in [-0.25, -0.2) is 8.78 Å². The maximum absolute atomic E-state index is 17.6. The van der Waals surface area contributed by atoms with Crippen LogP contribution >= 0.6 is 23.4 Å². The van der Waals surface area contributed by atoms with Gasteiger partial charge in [0.25, 0.3) is 0 Å². The fourth-order valence-corrected chi connectivity index (χ4v) is 10.8. The molecule has 9 heteroatoms.